The van der Waals surface area contributed by atoms with Gasteiger partial charge in [-0.3, -0.25) is 9.88 Å². The average molecular weight is 507 g/mol. The number of fused-ring (bicyclic) bond motifs is 3. The normalized spacial score (nSPS) is 13.3. The van der Waals surface area contributed by atoms with E-state index in [9.17, 15) is 14.3 Å². The van der Waals surface area contributed by atoms with Crippen molar-refractivity contribution in [3.05, 3.63) is 76.7 Å². The summed E-state index contributed by atoms with van der Waals surface area (Å²) in [5.74, 6) is -0.263. The van der Waals surface area contributed by atoms with E-state index < -0.39 is 8.07 Å². The number of amides is 1. The Morgan fingerprint density at radius 2 is 1.81 bits per heavy atom. The Hall–Kier alpha value is -3.03. The first kappa shape index (κ1) is 26.0. The number of ether oxygens (including phenoxy) is 1. The van der Waals surface area contributed by atoms with Crippen molar-refractivity contribution in [2.75, 3.05) is 6.61 Å². The smallest absolute Gasteiger partial charge is 0.410 e. The lowest BCUT2D eigenvalue weighted by molar-refractivity contribution is 0.102. The third-order valence-corrected chi connectivity index (χ3v) is 8.29. The molecule has 1 aliphatic heterocycles. The molecule has 4 rings (SSSR count). The van der Waals surface area contributed by atoms with E-state index in [-0.39, 0.29) is 31.0 Å². The topological polar surface area (TPSA) is 62.7 Å². The molecule has 0 fully saturated rings. The van der Waals surface area contributed by atoms with E-state index in [1.807, 2.05) is 38.1 Å². The Balaban J connectivity index is 1.90. The highest BCUT2D eigenvalue weighted by Gasteiger charge is 2.30. The van der Waals surface area contributed by atoms with Crippen LogP contribution in [0, 0.1) is 5.82 Å². The molecule has 0 atom stereocenters. The summed E-state index contributed by atoms with van der Waals surface area (Å²) in [4.78, 5) is 20.1. The van der Waals surface area contributed by atoms with Crippen LogP contribution in [0.1, 0.15) is 42.1 Å². The van der Waals surface area contributed by atoms with Gasteiger partial charge in [-0.25, -0.2) is 9.18 Å². The minimum absolute atomic E-state index is 0.0645. The Morgan fingerprint density at radius 3 is 2.44 bits per heavy atom. The molecule has 0 bridgehead atoms. The lowest BCUT2D eigenvalue weighted by atomic mass is 9.88. The number of hydrogen-bond donors (Lipinski definition) is 1. The Bertz CT molecular complexity index is 1250. The number of halogens is 1. The molecule has 0 unspecified atom stereocenters. The summed E-state index contributed by atoms with van der Waals surface area (Å²) in [5.41, 5.74) is 6.68. The molecule has 0 spiro atoms. The Morgan fingerprint density at radius 1 is 1.11 bits per heavy atom. The molecule has 1 aliphatic rings. The number of carbonyl (C=O) groups is 1. The van der Waals surface area contributed by atoms with Gasteiger partial charge in [0.2, 0.25) is 0 Å². The summed E-state index contributed by atoms with van der Waals surface area (Å²) in [5, 5.41) is 10.5. The lowest BCUT2D eigenvalue weighted by Crippen LogP contribution is -2.32. The van der Waals surface area contributed by atoms with Crippen LogP contribution in [0.2, 0.25) is 25.7 Å². The lowest BCUT2D eigenvalue weighted by Gasteiger charge is -2.25. The predicted octanol–water partition coefficient (Wildman–Crippen LogP) is 6.96. The molecule has 0 saturated heterocycles. The standard InChI is InChI=1S/C29H35FN2O3Si/c1-19(2)27-25(18-33)26(20-10-12-22(30)13-11-20)24-17-32(29(34)35-14-15-36(3,4)5)16-21-8-6-7-9-23(21)28(24)31-27/h6-13,19,33H,14-18H2,1-5H3. The zero-order valence-corrected chi connectivity index (χ0v) is 22.8. The van der Waals surface area contributed by atoms with Crippen LogP contribution in [0.3, 0.4) is 0 Å². The predicted molar refractivity (Wildman–Crippen MR) is 144 cm³/mol. The number of benzene rings is 2. The van der Waals surface area contributed by atoms with E-state index in [1.54, 1.807) is 17.0 Å². The van der Waals surface area contributed by atoms with E-state index in [4.69, 9.17) is 9.72 Å². The number of carbonyl (C=O) groups excluding carboxylic acids is 1. The van der Waals surface area contributed by atoms with E-state index >= 15 is 0 Å². The second-order valence-electron chi connectivity index (χ2n) is 10.9. The summed E-state index contributed by atoms with van der Waals surface area (Å²) in [6, 6.07) is 15.2. The highest BCUT2D eigenvalue weighted by Crippen LogP contribution is 2.41. The van der Waals surface area contributed by atoms with E-state index in [0.29, 0.717) is 18.7 Å². The van der Waals surface area contributed by atoms with Crippen molar-refractivity contribution in [1.29, 1.82) is 0 Å². The third kappa shape index (κ3) is 5.52. The summed E-state index contributed by atoms with van der Waals surface area (Å²) in [7, 11) is -1.35. The van der Waals surface area contributed by atoms with Crippen LogP contribution in [0.5, 0.6) is 0 Å². The number of aliphatic hydroxyl groups excluding tert-OH is 1. The first-order valence-corrected chi connectivity index (χ1v) is 16.2. The number of aromatic nitrogens is 1. The zero-order valence-electron chi connectivity index (χ0n) is 21.8. The van der Waals surface area contributed by atoms with Crippen molar-refractivity contribution in [2.45, 2.75) is 65.1 Å². The van der Waals surface area contributed by atoms with Crippen molar-refractivity contribution in [1.82, 2.24) is 9.88 Å². The zero-order chi connectivity index (χ0) is 26.0. The third-order valence-electron chi connectivity index (χ3n) is 6.59. The minimum Gasteiger partial charge on any atom is -0.450 e. The maximum absolute atomic E-state index is 13.8. The van der Waals surface area contributed by atoms with Crippen molar-refractivity contribution in [2.24, 2.45) is 0 Å². The van der Waals surface area contributed by atoms with Crippen LogP contribution in [-0.4, -0.2) is 35.8 Å². The Kier molecular flexibility index (Phi) is 7.61. The van der Waals surface area contributed by atoms with Gasteiger partial charge in [0.25, 0.3) is 0 Å². The van der Waals surface area contributed by atoms with Gasteiger partial charge >= 0.3 is 6.09 Å². The van der Waals surface area contributed by atoms with E-state index in [2.05, 4.69) is 19.6 Å². The number of hydrogen-bond acceptors (Lipinski definition) is 4. The van der Waals surface area contributed by atoms with Gasteiger partial charge in [-0.05, 0) is 40.8 Å². The average Bonchev–Trinajstić information content (AvgIpc) is 2.99. The van der Waals surface area contributed by atoms with Crippen LogP contribution in [0.15, 0.2) is 48.5 Å². The number of rotatable bonds is 6. The molecule has 1 aromatic heterocycles. The first-order chi connectivity index (χ1) is 17.1. The van der Waals surface area contributed by atoms with Crippen molar-refractivity contribution in [3.8, 4) is 22.4 Å². The molecule has 3 aromatic rings. The molecular formula is C29H35FN2O3Si. The van der Waals surface area contributed by atoms with Crippen molar-refractivity contribution < 1.29 is 19.0 Å². The van der Waals surface area contributed by atoms with Gasteiger partial charge in [-0.2, -0.15) is 0 Å². The molecule has 36 heavy (non-hydrogen) atoms. The van der Waals surface area contributed by atoms with Crippen molar-refractivity contribution >= 4 is 14.2 Å². The summed E-state index contributed by atoms with van der Waals surface area (Å²) in [6.07, 6.45) is -0.362. The molecule has 7 heteroatoms. The molecule has 0 radical (unpaired) electrons. The fraction of sp³-hybridized carbons (Fsp3) is 0.379. The molecule has 2 aromatic carbocycles. The Labute approximate surface area is 214 Å². The van der Waals surface area contributed by atoms with Gasteiger partial charge in [0.1, 0.15) is 5.82 Å². The molecule has 190 valence electrons. The maximum Gasteiger partial charge on any atom is 0.410 e. The van der Waals surface area contributed by atoms with Crippen molar-refractivity contribution in [3.63, 3.8) is 0 Å². The van der Waals surface area contributed by atoms with Gasteiger partial charge in [0.15, 0.2) is 0 Å². The van der Waals surface area contributed by atoms with Gasteiger partial charge in [-0.15, -0.1) is 0 Å². The van der Waals surface area contributed by atoms with Gasteiger partial charge < -0.3 is 9.84 Å². The SMILES string of the molecule is CC(C)c1nc2c(c(-c3ccc(F)cc3)c1CO)CN(C(=O)OCC[Si](C)(C)C)Cc1ccccc1-2. The van der Waals surface area contributed by atoms with Crippen LogP contribution < -0.4 is 0 Å². The van der Waals surface area contributed by atoms with Crippen LogP contribution in [0.25, 0.3) is 22.4 Å². The number of pyridine rings is 1. The van der Waals surface area contributed by atoms with Crippen LogP contribution >= 0.6 is 0 Å². The maximum atomic E-state index is 13.8. The monoisotopic (exact) mass is 506 g/mol. The molecule has 0 aliphatic carbocycles. The van der Waals surface area contributed by atoms with Gasteiger partial charge in [-0.1, -0.05) is 69.9 Å². The van der Waals surface area contributed by atoms with E-state index in [0.717, 1.165) is 45.2 Å². The van der Waals surface area contributed by atoms with Crippen LogP contribution in [0.4, 0.5) is 9.18 Å². The summed E-state index contributed by atoms with van der Waals surface area (Å²) >= 11 is 0. The fourth-order valence-electron chi connectivity index (χ4n) is 4.67. The highest BCUT2D eigenvalue weighted by molar-refractivity contribution is 6.76. The molecule has 1 amide bonds. The summed E-state index contributed by atoms with van der Waals surface area (Å²) in [6.45, 7) is 11.7. The number of aliphatic hydroxyl groups is 1. The van der Waals surface area contributed by atoms with Crippen LogP contribution in [-0.2, 0) is 24.4 Å². The summed E-state index contributed by atoms with van der Waals surface area (Å²) < 4.78 is 19.6. The highest BCUT2D eigenvalue weighted by atomic mass is 28.3. The molecular weight excluding hydrogens is 471 g/mol. The van der Waals surface area contributed by atoms with Gasteiger partial charge in [0.05, 0.1) is 32.0 Å². The fourth-order valence-corrected chi connectivity index (χ4v) is 5.38. The largest absolute Gasteiger partial charge is 0.450 e. The number of nitrogens with zero attached hydrogens (tertiary/aromatic N) is 2. The first-order valence-electron chi connectivity index (χ1n) is 12.5. The van der Waals surface area contributed by atoms with Gasteiger partial charge in [0, 0.05) is 30.5 Å². The second-order valence-corrected chi connectivity index (χ2v) is 16.6. The quantitative estimate of drug-likeness (QED) is 0.367. The second kappa shape index (κ2) is 10.5. The minimum atomic E-state index is -1.35. The molecule has 0 saturated carbocycles. The molecule has 5 nitrogen and oxygen atoms in total. The molecule has 1 N–H and O–H groups in total. The van der Waals surface area contributed by atoms with E-state index in [1.165, 1.54) is 12.1 Å². The molecule has 2 heterocycles.